The van der Waals surface area contributed by atoms with Crippen molar-refractivity contribution in [3.05, 3.63) is 24.0 Å². The number of aromatic nitrogens is 1. The van der Waals surface area contributed by atoms with Gasteiger partial charge in [0.2, 0.25) is 5.91 Å². The quantitative estimate of drug-likeness (QED) is 0.754. The Hall–Kier alpha value is -1.66. The van der Waals surface area contributed by atoms with Crippen LogP contribution in [0.2, 0.25) is 0 Å². The van der Waals surface area contributed by atoms with E-state index in [0.29, 0.717) is 24.3 Å². The van der Waals surface area contributed by atoms with E-state index in [1.807, 2.05) is 0 Å². The normalized spacial score (nSPS) is 26.1. The van der Waals surface area contributed by atoms with Crippen molar-refractivity contribution >= 4 is 11.8 Å². The number of likely N-dealkylation sites (tertiary alicyclic amines) is 1. The summed E-state index contributed by atoms with van der Waals surface area (Å²) in [6.45, 7) is 2.31. The van der Waals surface area contributed by atoms with Crippen molar-refractivity contribution in [1.82, 2.24) is 20.5 Å². The van der Waals surface area contributed by atoms with Crippen LogP contribution in [-0.2, 0) is 4.79 Å². The molecule has 21 heavy (non-hydrogen) atoms. The molecule has 0 aromatic carbocycles. The lowest BCUT2D eigenvalue weighted by Gasteiger charge is -2.28. The van der Waals surface area contributed by atoms with Gasteiger partial charge < -0.3 is 10.3 Å². The van der Waals surface area contributed by atoms with E-state index in [4.69, 9.17) is 0 Å². The highest BCUT2D eigenvalue weighted by molar-refractivity contribution is 6.04. The number of carbonyl (C=O) groups is 2. The molecule has 2 unspecified atom stereocenters. The van der Waals surface area contributed by atoms with E-state index < -0.39 is 0 Å². The molecule has 2 saturated heterocycles. The summed E-state index contributed by atoms with van der Waals surface area (Å²) in [6.07, 6.45) is 6.33. The maximum absolute atomic E-state index is 12.1. The minimum absolute atomic E-state index is 0.223. The lowest BCUT2D eigenvalue weighted by atomic mass is 10.0. The molecule has 3 rings (SSSR count). The number of H-pyrrole nitrogens is 1. The average molecular weight is 290 g/mol. The number of aromatic amines is 1. The highest BCUT2D eigenvalue weighted by Crippen LogP contribution is 2.24. The number of nitrogens with one attached hydrogen (secondary N) is 3. The summed E-state index contributed by atoms with van der Waals surface area (Å²) >= 11 is 0. The highest BCUT2D eigenvalue weighted by atomic mass is 16.2. The molecule has 0 radical (unpaired) electrons. The first-order valence-corrected chi connectivity index (χ1v) is 7.69. The van der Waals surface area contributed by atoms with Gasteiger partial charge in [0.1, 0.15) is 5.69 Å². The molecule has 0 spiro atoms. The fourth-order valence-electron chi connectivity index (χ4n) is 3.43. The fourth-order valence-corrected chi connectivity index (χ4v) is 3.43. The van der Waals surface area contributed by atoms with Gasteiger partial charge in [0.25, 0.3) is 5.91 Å². The van der Waals surface area contributed by atoms with Crippen molar-refractivity contribution in [3.63, 3.8) is 0 Å². The lowest BCUT2D eigenvalue weighted by molar-refractivity contribution is -0.121. The number of nitrogens with zero attached hydrogens (tertiary/aromatic N) is 1. The third-order valence-electron chi connectivity index (χ3n) is 4.42. The molecule has 6 heteroatoms. The van der Waals surface area contributed by atoms with Gasteiger partial charge in [-0.1, -0.05) is 0 Å². The zero-order valence-electron chi connectivity index (χ0n) is 12.1. The molecule has 3 heterocycles. The van der Waals surface area contributed by atoms with Crippen LogP contribution in [0.1, 0.15) is 36.2 Å². The van der Waals surface area contributed by atoms with Gasteiger partial charge in [-0.2, -0.15) is 0 Å². The molecule has 114 valence electrons. The molecule has 2 atom stereocenters. The first kappa shape index (κ1) is 14.3. The summed E-state index contributed by atoms with van der Waals surface area (Å²) in [5, 5.41) is 5.97. The molecule has 2 amide bonds. The SMILES string of the molecule is O=C(CN1CCCC1C1CCCN1)NC(=O)c1ccc[nH]1. The van der Waals surface area contributed by atoms with Crippen LogP contribution < -0.4 is 10.6 Å². The maximum atomic E-state index is 12.1. The Kier molecular flexibility index (Phi) is 4.36. The number of carbonyl (C=O) groups excluding carboxylic acids is 2. The Balaban J connectivity index is 1.53. The van der Waals surface area contributed by atoms with Crippen LogP contribution in [0, 0.1) is 0 Å². The zero-order valence-corrected chi connectivity index (χ0v) is 12.1. The van der Waals surface area contributed by atoms with Crippen LogP contribution in [0.25, 0.3) is 0 Å². The molecule has 0 bridgehead atoms. The largest absolute Gasteiger partial charge is 0.357 e. The molecule has 0 aliphatic carbocycles. The van der Waals surface area contributed by atoms with Crippen molar-refractivity contribution in [3.8, 4) is 0 Å². The molecular weight excluding hydrogens is 268 g/mol. The van der Waals surface area contributed by atoms with Gasteiger partial charge in [-0.05, 0) is 50.9 Å². The van der Waals surface area contributed by atoms with E-state index in [9.17, 15) is 9.59 Å². The summed E-state index contributed by atoms with van der Waals surface area (Å²) in [4.78, 5) is 28.9. The van der Waals surface area contributed by atoms with Gasteiger partial charge >= 0.3 is 0 Å². The molecule has 1 aromatic heterocycles. The third-order valence-corrected chi connectivity index (χ3v) is 4.42. The number of rotatable bonds is 4. The average Bonchev–Trinajstić information content (AvgIpc) is 3.21. The monoisotopic (exact) mass is 290 g/mol. The summed E-state index contributed by atoms with van der Waals surface area (Å²) in [7, 11) is 0. The zero-order chi connectivity index (χ0) is 14.7. The summed E-state index contributed by atoms with van der Waals surface area (Å²) < 4.78 is 0. The maximum Gasteiger partial charge on any atom is 0.274 e. The molecule has 6 nitrogen and oxygen atoms in total. The van der Waals surface area contributed by atoms with E-state index in [-0.39, 0.29) is 11.8 Å². The van der Waals surface area contributed by atoms with Crippen LogP contribution in [0.4, 0.5) is 0 Å². The van der Waals surface area contributed by atoms with Crippen molar-refractivity contribution in [2.75, 3.05) is 19.6 Å². The van der Waals surface area contributed by atoms with Crippen LogP contribution >= 0.6 is 0 Å². The van der Waals surface area contributed by atoms with Gasteiger partial charge in [-0.25, -0.2) is 0 Å². The Bertz CT molecular complexity index is 494. The Morgan fingerprint density at radius 2 is 2.24 bits per heavy atom. The number of hydrogen-bond donors (Lipinski definition) is 3. The summed E-state index contributed by atoms with van der Waals surface area (Å²) in [5.74, 6) is -0.584. The standard InChI is InChI=1S/C15H22N4O2/c20-14(18-15(21)12-5-2-8-17-12)10-19-9-3-6-13(19)11-4-1-7-16-11/h2,5,8,11,13,16-17H,1,3-4,6-7,9-10H2,(H,18,20,21). The topological polar surface area (TPSA) is 77.2 Å². The van der Waals surface area contributed by atoms with E-state index in [0.717, 1.165) is 25.9 Å². The third kappa shape index (κ3) is 3.33. The molecule has 2 fully saturated rings. The van der Waals surface area contributed by atoms with Crippen LogP contribution in [0.15, 0.2) is 18.3 Å². The van der Waals surface area contributed by atoms with E-state index >= 15 is 0 Å². The summed E-state index contributed by atoms with van der Waals surface area (Å²) in [6, 6.07) is 4.32. The fraction of sp³-hybridized carbons (Fsp3) is 0.600. The second-order valence-corrected chi connectivity index (χ2v) is 5.84. The molecular formula is C15H22N4O2. The van der Waals surface area contributed by atoms with Crippen molar-refractivity contribution in [2.45, 2.75) is 37.8 Å². The van der Waals surface area contributed by atoms with Gasteiger partial charge in [0, 0.05) is 18.3 Å². The molecule has 2 aliphatic heterocycles. The first-order chi connectivity index (χ1) is 10.2. The Labute approximate surface area is 124 Å². The van der Waals surface area contributed by atoms with Crippen molar-refractivity contribution < 1.29 is 9.59 Å². The van der Waals surface area contributed by atoms with Crippen molar-refractivity contribution in [2.24, 2.45) is 0 Å². The van der Waals surface area contributed by atoms with Gasteiger partial charge in [-0.15, -0.1) is 0 Å². The summed E-state index contributed by atoms with van der Waals surface area (Å²) in [5.41, 5.74) is 0.416. The predicted molar refractivity (Wildman–Crippen MR) is 78.9 cm³/mol. The van der Waals surface area contributed by atoms with Gasteiger partial charge in [-0.3, -0.25) is 19.8 Å². The second kappa shape index (κ2) is 6.41. The van der Waals surface area contributed by atoms with Gasteiger partial charge in [0.05, 0.1) is 6.54 Å². The smallest absolute Gasteiger partial charge is 0.274 e. The second-order valence-electron chi connectivity index (χ2n) is 5.84. The Morgan fingerprint density at radius 3 is 2.95 bits per heavy atom. The number of imide groups is 1. The first-order valence-electron chi connectivity index (χ1n) is 7.69. The molecule has 1 aromatic rings. The van der Waals surface area contributed by atoms with E-state index in [1.54, 1.807) is 18.3 Å². The van der Waals surface area contributed by atoms with E-state index in [2.05, 4.69) is 20.5 Å². The number of hydrogen-bond acceptors (Lipinski definition) is 4. The Morgan fingerprint density at radius 1 is 1.33 bits per heavy atom. The molecule has 3 N–H and O–H groups in total. The van der Waals surface area contributed by atoms with Crippen LogP contribution in [0.3, 0.4) is 0 Å². The lowest BCUT2D eigenvalue weighted by Crippen LogP contribution is -2.48. The number of amides is 2. The van der Waals surface area contributed by atoms with E-state index in [1.165, 1.54) is 12.8 Å². The van der Waals surface area contributed by atoms with Crippen molar-refractivity contribution in [1.29, 1.82) is 0 Å². The molecule has 0 saturated carbocycles. The van der Waals surface area contributed by atoms with Crippen LogP contribution in [0.5, 0.6) is 0 Å². The minimum Gasteiger partial charge on any atom is -0.357 e. The van der Waals surface area contributed by atoms with Crippen LogP contribution in [-0.4, -0.2) is 53.4 Å². The van der Waals surface area contributed by atoms with Gasteiger partial charge in [0.15, 0.2) is 0 Å². The molecule has 2 aliphatic rings. The predicted octanol–water partition coefficient (Wildman–Crippen LogP) is 0.488. The minimum atomic E-state index is -0.361. The highest BCUT2D eigenvalue weighted by Gasteiger charge is 2.34.